The van der Waals surface area contributed by atoms with E-state index in [9.17, 15) is 4.39 Å². The van der Waals surface area contributed by atoms with Crippen LogP contribution < -0.4 is 24.8 Å². The van der Waals surface area contributed by atoms with Gasteiger partial charge < -0.3 is 24.8 Å². The van der Waals surface area contributed by atoms with Gasteiger partial charge >= 0.3 is 0 Å². The molecular formula is C20H26FN3O3. The fourth-order valence-corrected chi connectivity index (χ4v) is 2.57. The number of methoxy groups -OCH3 is 3. The van der Waals surface area contributed by atoms with Crippen molar-refractivity contribution in [3.05, 3.63) is 53.3 Å². The molecular weight excluding hydrogens is 349 g/mol. The summed E-state index contributed by atoms with van der Waals surface area (Å²) >= 11 is 0. The van der Waals surface area contributed by atoms with Crippen molar-refractivity contribution < 1.29 is 18.6 Å². The zero-order valence-corrected chi connectivity index (χ0v) is 16.1. The molecule has 0 amide bonds. The zero-order chi connectivity index (χ0) is 19.6. The van der Waals surface area contributed by atoms with Crippen LogP contribution in [0.2, 0.25) is 0 Å². The Morgan fingerprint density at radius 1 is 1.00 bits per heavy atom. The Morgan fingerprint density at radius 3 is 2.26 bits per heavy atom. The number of benzene rings is 2. The minimum absolute atomic E-state index is 0.270. The topological polar surface area (TPSA) is 64.1 Å². The number of ether oxygens (including phenoxy) is 3. The van der Waals surface area contributed by atoms with Crippen molar-refractivity contribution in [1.29, 1.82) is 0 Å². The summed E-state index contributed by atoms with van der Waals surface area (Å²) in [6, 6.07) is 10.0. The zero-order valence-electron chi connectivity index (χ0n) is 16.1. The van der Waals surface area contributed by atoms with Gasteiger partial charge in [0.05, 0.1) is 40.0 Å². The number of guanidine groups is 1. The predicted octanol–water partition coefficient (Wildman–Crippen LogP) is 3.11. The molecule has 7 heteroatoms. The highest BCUT2D eigenvalue weighted by molar-refractivity contribution is 5.80. The Kier molecular flexibility index (Phi) is 7.73. The van der Waals surface area contributed by atoms with Crippen molar-refractivity contribution >= 4 is 5.96 Å². The highest BCUT2D eigenvalue weighted by Crippen LogP contribution is 2.33. The van der Waals surface area contributed by atoms with Gasteiger partial charge in [0, 0.05) is 18.7 Å². The third-order valence-corrected chi connectivity index (χ3v) is 3.90. The van der Waals surface area contributed by atoms with Crippen LogP contribution >= 0.6 is 0 Å². The minimum atomic E-state index is -0.270. The van der Waals surface area contributed by atoms with Gasteiger partial charge in [0.1, 0.15) is 23.1 Å². The van der Waals surface area contributed by atoms with E-state index in [2.05, 4.69) is 15.6 Å². The van der Waals surface area contributed by atoms with Crippen LogP contribution in [0.1, 0.15) is 18.1 Å². The first-order valence-electron chi connectivity index (χ1n) is 8.66. The Hall–Kier alpha value is -2.96. The summed E-state index contributed by atoms with van der Waals surface area (Å²) in [5.74, 6) is 2.30. The van der Waals surface area contributed by atoms with Gasteiger partial charge in [-0.3, -0.25) is 0 Å². The van der Waals surface area contributed by atoms with Gasteiger partial charge in [-0.25, -0.2) is 9.38 Å². The molecule has 0 radical (unpaired) electrons. The van der Waals surface area contributed by atoms with Crippen LogP contribution in [0.25, 0.3) is 0 Å². The van der Waals surface area contributed by atoms with Gasteiger partial charge in [0.2, 0.25) is 0 Å². The summed E-state index contributed by atoms with van der Waals surface area (Å²) in [7, 11) is 4.79. The number of rotatable bonds is 8. The van der Waals surface area contributed by atoms with E-state index in [1.54, 1.807) is 39.5 Å². The fraction of sp³-hybridized carbons (Fsp3) is 0.350. The van der Waals surface area contributed by atoms with Crippen LogP contribution in [0.15, 0.2) is 41.4 Å². The summed E-state index contributed by atoms with van der Waals surface area (Å²) < 4.78 is 29.5. The lowest BCUT2D eigenvalue weighted by Gasteiger charge is -2.17. The van der Waals surface area contributed by atoms with Crippen molar-refractivity contribution in [2.24, 2.45) is 4.99 Å². The molecule has 0 spiro atoms. The molecule has 0 aliphatic heterocycles. The predicted molar refractivity (Wildman–Crippen MR) is 104 cm³/mol. The van der Waals surface area contributed by atoms with Gasteiger partial charge in [-0.2, -0.15) is 0 Å². The Morgan fingerprint density at radius 2 is 1.70 bits per heavy atom. The van der Waals surface area contributed by atoms with Crippen LogP contribution in [0, 0.1) is 5.82 Å². The molecule has 0 saturated heterocycles. The summed E-state index contributed by atoms with van der Waals surface area (Å²) in [6.07, 6.45) is 0. The molecule has 2 aromatic rings. The molecule has 0 aromatic heterocycles. The fourth-order valence-electron chi connectivity index (χ4n) is 2.57. The Balaban J connectivity index is 2.16. The molecule has 0 bridgehead atoms. The Bertz CT molecular complexity index is 756. The van der Waals surface area contributed by atoms with E-state index >= 15 is 0 Å². The summed E-state index contributed by atoms with van der Waals surface area (Å²) in [4.78, 5) is 4.51. The van der Waals surface area contributed by atoms with Crippen LogP contribution in [-0.2, 0) is 13.1 Å². The van der Waals surface area contributed by atoms with Crippen molar-refractivity contribution in [2.75, 3.05) is 27.9 Å². The van der Waals surface area contributed by atoms with E-state index in [0.29, 0.717) is 42.8 Å². The SMILES string of the molecule is CCNC(=NCc1cccc(F)c1)NCc1c(OC)cc(OC)cc1OC. The first kappa shape index (κ1) is 20.4. The van der Waals surface area contributed by atoms with E-state index in [-0.39, 0.29) is 5.82 Å². The normalized spacial score (nSPS) is 11.1. The molecule has 0 fully saturated rings. The highest BCUT2D eigenvalue weighted by atomic mass is 19.1. The average Bonchev–Trinajstić information content (AvgIpc) is 2.69. The second-order valence-corrected chi connectivity index (χ2v) is 5.69. The van der Waals surface area contributed by atoms with Crippen molar-refractivity contribution in [3.8, 4) is 17.2 Å². The van der Waals surface area contributed by atoms with Crippen LogP contribution in [0.3, 0.4) is 0 Å². The molecule has 0 heterocycles. The smallest absolute Gasteiger partial charge is 0.191 e. The van der Waals surface area contributed by atoms with Gasteiger partial charge in [-0.15, -0.1) is 0 Å². The van der Waals surface area contributed by atoms with Gasteiger partial charge in [0.25, 0.3) is 0 Å². The van der Waals surface area contributed by atoms with E-state index in [1.165, 1.54) is 12.1 Å². The summed E-state index contributed by atoms with van der Waals surface area (Å²) in [6.45, 7) is 3.48. The first-order chi connectivity index (χ1) is 13.1. The molecule has 0 aliphatic carbocycles. The molecule has 146 valence electrons. The molecule has 2 aromatic carbocycles. The third-order valence-electron chi connectivity index (χ3n) is 3.90. The molecule has 0 saturated carbocycles. The average molecular weight is 375 g/mol. The van der Waals surface area contributed by atoms with Crippen molar-refractivity contribution in [1.82, 2.24) is 10.6 Å². The lowest BCUT2D eigenvalue weighted by Crippen LogP contribution is -2.37. The van der Waals surface area contributed by atoms with E-state index in [1.807, 2.05) is 13.0 Å². The van der Waals surface area contributed by atoms with Crippen LogP contribution in [0.5, 0.6) is 17.2 Å². The lowest BCUT2D eigenvalue weighted by atomic mass is 10.1. The number of aliphatic imine (C=N–C) groups is 1. The largest absolute Gasteiger partial charge is 0.496 e. The summed E-state index contributed by atoms with van der Waals surface area (Å²) in [5.41, 5.74) is 1.64. The quantitative estimate of drug-likeness (QED) is 0.548. The maximum absolute atomic E-state index is 13.3. The molecule has 0 aliphatic rings. The van der Waals surface area contributed by atoms with Gasteiger partial charge in [-0.1, -0.05) is 12.1 Å². The van der Waals surface area contributed by atoms with E-state index in [4.69, 9.17) is 14.2 Å². The molecule has 2 rings (SSSR count). The molecule has 6 nitrogen and oxygen atoms in total. The van der Waals surface area contributed by atoms with Gasteiger partial charge in [-0.05, 0) is 24.6 Å². The number of halogens is 1. The van der Waals surface area contributed by atoms with E-state index in [0.717, 1.165) is 11.1 Å². The summed E-state index contributed by atoms with van der Waals surface area (Å²) in [5, 5.41) is 6.43. The Labute approximate surface area is 159 Å². The highest BCUT2D eigenvalue weighted by Gasteiger charge is 2.13. The van der Waals surface area contributed by atoms with Crippen molar-refractivity contribution in [2.45, 2.75) is 20.0 Å². The monoisotopic (exact) mass is 375 g/mol. The number of nitrogens with zero attached hydrogens (tertiary/aromatic N) is 1. The van der Waals surface area contributed by atoms with E-state index < -0.39 is 0 Å². The van der Waals surface area contributed by atoms with Gasteiger partial charge in [0.15, 0.2) is 5.96 Å². The second-order valence-electron chi connectivity index (χ2n) is 5.69. The molecule has 2 N–H and O–H groups in total. The molecule has 0 unspecified atom stereocenters. The molecule has 0 atom stereocenters. The minimum Gasteiger partial charge on any atom is -0.496 e. The van der Waals surface area contributed by atoms with Crippen molar-refractivity contribution in [3.63, 3.8) is 0 Å². The molecule has 27 heavy (non-hydrogen) atoms. The maximum Gasteiger partial charge on any atom is 0.191 e. The lowest BCUT2D eigenvalue weighted by molar-refractivity contribution is 0.368. The number of nitrogens with one attached hydrogen (secondary N) is 2. The second kappa shape index (κ2) is 10.3. The number of hydrogen-bond donors (Lipinski definition) is 2. The number of hydrogen-bond acceptors (Lipinski definition) is 4. The first-order valence-corrected chi connectivity index (χ1v) is 8.66. The van der Waals surface area contributed by atoms with Crippen LogP contribution in [0.4, 0.5) is 4.39 Å². The maximum atomic E-state index is 13.3. The standard InChI is InChI=1S/C20H26FN3O3/c1-5-22-20(23-12-14-7-6-8-15(21)9-14)24-13-17-18(26-3)10-16(25-2)11-19(17)27-4/h6-11H,5,12-13H2,1-4H3,(H2,22,23,24). The third kappa shape index (κ3) is 5.77. The van der Waals surface area contributed by atoms with Crippen LogP contribution in [-0.4, -0.2) is 33.8 Å².